The Morgan fingerprint density at radius 1 is 0.828 bits per heavy atom. The van der Waals surface area contributed by atoms with Crippen LogP contribution in [0.5, 0.6) is 5.75 Å². The van der Waals surface area contributed by atoms with Gasteiger partial charge in [-0.1, -0.05) is 71.7 Å². The van der Waals surface area contributed by atoms with Gasteiger partial charge in [0, 0.05) is 32.9 Å². The van der Waals surface area contributed by atoms with Gasteiger partial charge in [-0.2, -0.15) is 0 Å². The van der Waals surface area contributed by atoms with Crippen LogP contribution in [0.1, 0.15) is 11.1 Å². The predicted octanol–water partition coefficient (Wildman–Crippen LogP) is 8.10. The highest BCUT2D eigenvalue weighted by atomic mass is 79.9. The minimum absolute atomic E-state index is 0.412. The van der Waals surface area contributed by atoms with E-state index in [0.717, 1.165) is 32.4 Å². The topological polar surface area (TPSA) is 21.3 Å². The number of fused-ring (bicyclic) bond motifs is 1. The third-order valence-corrected chi connectivity index (χ3v) is 6.33. The second-order valence-corrected chi connectivity index (χ2v) is 8.29. The first-order chi connectivity index (χ1) is 14.1. The summed E-state index contributed by atoms with van der Waals surface area (Å²) >= 11 is 15.9. The van der Waals surface area contributed by atoms with E-state index in [1.165, 1.54) is 5.39 Å². The normalized spacial score (nSPS) is 10.9. The monoisotopic (exact) mass is 485 g/mol. The van der Waals surface area contributed by atoms with Gasteiger partial charge in [0.05, 0.1) is 5.02 Å². The highest BCUT2D eigenvalue weighted by Gasteiger charge is 2.11. The summed E-state index contributed by atoms with van der Waals surface area (Å²) in [5.74, 6) is 0.833. The molecule has 2 nitrogen and oxygen atoms in total. The Balaban J connectivity index is 1.63. The summed E-state index contributed by atoms with van der Waals surface area (Å²) in [5, 5.41) is 7.16. The minimum atomic E-state index is 0.412. The van der Waals surface area contributed by atoms with Crippen molar-refractivity contribution in [2.75, 3.05) is 5.32 Å². The van der Waals surface area contributed by atoms with Crippen LogP contribution in [0.2, 0.25) is 10.0 Å². The van der Waals surface area contributed by atoms with E-state index in [1.54, 1.807) is 0 Å². The summed E-state index contributed by atoms with van der Waals surface area (Å²) < 4.78 is 7.06. The van der Waals surface area contributed by atoms with Crippen LogP contribution in [0.4, 0.5) is 5.69 Å². The zero-order valence-corrected chi connectivity index (χ0v) is 18.6. The van der Waals surface area contributed by atoms with Crippen molar-refractivity contribution in [3.63, 3.8) is 0 Å². The van der Waals surface area contributed by atoms with E-state index in [4.69, 9.17) is 27.9 Å². The van der Waals surface area contributed by atoms with Crippen molar-refractivity contribution < 1.29 is 4.74 Å². The quantitative estimate of drug-likeness (QED) is 0.297. The smallest absolute Gasteiger partial charge is 0.125 e. The number of anilines is 1. The second kappa shape index (κ2) is 9.08. The van der Waals surface area contributed by atoms with Crippen LogP contribution in [0.3, 0.4) is 0 Å². The molecule has 0 bridgehead atoms. The number of nitrogens with one attached hydrogen (secondary N) is 1. The lowest BCUT2D eigenvalue weighted by Crippen LogP contribution is -2.05. The molecule has 0 aliphatic heterocycles. The summed E-state index contributed by atoms with van der Waals surface area (Å²) in [5.41, 5.74) is 3.00. The van der Waals surface area contributed by atoms with E-state index in [2.05, 4.69) is 39.4 Å². The summed E-state index contributed by atoms with van der Waals surface area (Å²) in [6.07, 6.45) is 0. The summed E-state index contributed by atoms with van der Waals surface area (Å²) in [6, 6.07) is 26.0. The lowest BCUT2D eigenvalue weighted by molar-refractivity contribution is 0.304. The number of halogens is 3. The highest BCUT2D eigenvalue weighted by Crippen LogP contribution is 2.31. The SMILES string of the molecule is Clc1cc(NCc2c(OCc3ccccc3Cl)ccc3ccccc23)ccc1Br. The first kappa shape index (κ1) is 20.1. The average Bonchev–Trinajstić information content (AvgIpc) is 2.74. The minimum Gasteiger partial charge on any atom is -0.488 e. The standard InChI is InChI=1S/C24H18BrCl2NO/c25-21-11-10-18(13-23(21)27)28-14-20-19-7-3-1-5-16(19)9-12-24(20)29-15-17-6-2-4-8-22(17)26/h1-13,28H,14-15H2. The van der Waals surface area contributed by atoms with Gasteiger partial charge in [-0.15, -0.1) is 0 Å². The molecule has 0 aliphatic carbocycles. The van der Waals surface area contributed by atoms with Crippen LogP contribution in [0, 0.1) is 0 Å². The Morgan fingerprint density at radius 3 is 2.45 bits per heavy atom. The molecule has 0 spiro atoms. The Labute approximate surface area is 188 Å². The molecule has 0 aliphatic rings. The Bertz CT molecular complexity index is 1160. The zero-order chi connectivity index (χ0) is 20.2. The summed E-state index contributed by atoms with van der Waals surface area (Å²) in [4.78, 5) is 0. The molecule has 1 N–H and O–H groups in total. The molecule has 0 aromatic heterocycles. The third-order valence-electron chi connectivity index (χ3n) is 4.73. The maximum absolute atomic E-state index is 6.29. The van der Waals surface area contributed by atoms with Crippen molar-refractivity contribution in [2.24, 2.45) is 0 Å². The van der Waals surface area contributed by atoms with E-state index in [1.807, 2.05) is 60.7 Å². The molecule has 4 aromatic carbocycles. The molecular weight excluding hydrogens is 469 g/mol. The molecule has 0 heterocycles. The summed E-state index contributed by atoms with van der Waals surface area (Å²) in [6.45, 7) is 1.02. The molecule has 146 valence electrons. The van der Waals surface area contributed by atoms with Gasteiger partial charge in [-0.25, -0.2) is 0 Å². The molecule has 0 amide bonds. The highest BCUT2D eigenvalue weighted by molar-refractivity contribution is 9.10. The first-order valence-corrected chi connectivity index (χ1v) is 10.7. The lowest BCUT2D eigenvalue weighted by Gasteiger charge is -2.16. The van der Waals surface area contributed by atoms with Crippen LogP contribution in [-0.4, -0.2) is 0 Å². The molecule has 0 radical (unpaired) electrons. The fourth-order valence-corrected chi connectivity index (χ4v) is 3.82. The summed E-state index contributed by atoms with van der Waals surface area (Å²) in [7, 11) is 0. The van der Waals surface area contributed by atoms with Gasteiger partial charge in [0.25, 0.3) is 0 Å². The molecule has 4 aromatic rings. The van der Waals surface area contributed by atoms with E-state index in [0.29, 0.717) is 23.2 Å². The van der Waals surface area contributed by atoms with Crippen molar-refractivity contribution in [1.82, 2.24) is 0 Å². The van der Waals surface area contributed by atoms with Crippen LogP contribution in [-0.2, 0) is 13.2 Å². The molecular formula is C24H18BrCl2NO. The number of rotatable bonds is 6. The lowest BCUT2D eigenvalue weighted by atomic mass is 10.0. The van der Waals surface area contributed by atoms with Gasteiger partial charge >= 0.3 is 0 Å². The van der Waals surface area contributed by atoms with Crippen LogP contribution >= 0.6 is 39.1 Å². The number of benzene rings is 4. The van der Waals surface area contributed by atoms with Gasteiger partial charge in [0.1, 0.15) is 12.4 Å². The van der Waals surface area contributed by atoms with Crippen molar-refractivity contribution >= 4 is 55.6 Å². The predicted molar refractivity (Wildman–Crippen MR) is 126 cm³/mol. The number of ether oxygens (including phenoxy) is 1. The Hall–Kier alpha value is -2.20. The molecule has 0 saturated heterocycles. The molecule has 0 saturated carbocycles. The molecule has 0 fully saturated rings. The van der Waals surface area contributed by atoms with E-state index in [9.17, 15) is 0 Å². The third kappa shape index (κ3) is 4.69. The van der Waals surface area contributed by atoms with Gasteiger partial charge in [0.2, 0.25) is 0 Å². The maximum atomic E-state index is 6.29. The van der Waals surface area contributed by atoms with Gasteiger partial charge in [-0.05, 0) is 57.0 Å². The largest absolute Gasteiger partial charge is 0.488 e. The molecule has 5 heteroatoms. The Morgan fingerprint density at radius 2 is 1.62 bits per heavy atom. The number of hydrogen-bond acceptors (Lipinski definition) is 2. The number of hydrogen-bond donors (Lipinski definition) is 1. The van der Waals surface area contributed by atoms with Gasteiger partial charge in [0.15, 0.2) is 0 Å². The molecule has 0 atom stereocenters. The van der Waals surface area contributed by atoms with Crippen molar-refractivity contribution in [2.45, 2.75) is 13.2 Å². The van der Waals surface area contributed by atoms with Crippen LogP contribution in [0.25, 0.3) is 10.8 Å². The fourth-order valence-electron chi connectivity index (χ4n) is 3.20. The zero-order valence-electron chi connectivity index (χ0n) is 15.5. The first-order valence-electron chi connectivity index (χ1n) is 9.17. The molecule has 4 rings (SSSR count). The van der Waals surface area contributed by atoms with Crippen LogP contribution < -0.4 is 10.1 Å². The molecule has 29 heavy (non-hydrogen) atoms. The van der Waals surface area contributed by atoms with Crippen molar-refractivity contribution in [3.05, 3.63) is 105 Å². The Kier molecular flexibility index (Phi) is 6.29. The second-order valence-electron chi connectivity index (χ2n) is 6.63. The fraction of sp³-hybridized carbons (Fsp3) is 0.0833. The van der Waals surface area contributed by atoms with Gasteiger partial charge < -0.3 is 10.1 Å². The van der Waals surface area contributed by atoms with Crippen LogP contribution in [0.15, 0.2) is 83.3 Å². The maximum Gasteiger partial charge on any atom is 0.125 e. The van der Waals surface area contributed by atoms with Gasteiger partial charge in [-0.3, -0.25) is 0 Å². The molecule has 0 unspecified atom stereocenters. The van der Waals surface area contributed by atoms with E-state index < -0.39 is 0 Å². The average molecular weight is 487 g/mol. The van der Waals surface area contributed by atoms with Crippen molar-refractivity contribution in [3.8, 4) is 5.75 Å². The van der Waals surface area contributed by atoms with E-state index >= 15 is 0 Å². The van der Waals surface area contributed by atoms with Crippen molar-refractivity contribution in [1.29, 1.82) is 0 Å². The van der Waals surface area contributed by atoms with E-state index in [-0.39, 0.29) is 0 Å².